The Hall–Kier alpha value is -1.01. The molecule has 0 radical (unpaired) electrons. The summed E-state index contributed by atoms with van der Waals surface area (Å²) < 4.78 is 18.0. The zero-order chi connectivity index (χ0) is 11.7. The second-order valence-corrected chi connectivity index (χ2v) is 3.81. The van der Waals surface area contributed by atoms with E-state index in [0.29, 0.717) is 5.56 Å². The van der Waals surface area contributed by atoms with Crippen LogP contribution in [0, 0.1) is 5.82 Å². The molecular formula is C11H13FO4. The quantitative estimate of drug-likeness (QED) is 0.665. The van der Waals surface area contributed by atoms with E-state index in [1.807, 2.05) is 0 Å². The Morgan fingerprint density at radius 2 is 1.75 bits per heavy atom. The van der Waals surface area contributed by atoms with Crippen LogP contribution in [-0.2, 0) is 4.74 Å². The highest BCUT2D eigenvalue weighted by Crippen LogP contribution is 2.33. The normalized spacial score (nSPS) is 34.2. The summed E-state index contributed by atoms with van der Waals surface area (Å²) in [5, 5.41) is 28.1. The monoisotopic (exact) mass is 228 g/mol. The van der Waals surface area contributed by atoms with Crippen molar-refractivity contribution >= 4 is 0 Å². The van der Waals surface area contributed by atoms with Crippen LogP contribution in [0.1, 0.15) is 11.7 Å². The Bertz CT molecular complexity index is 354. The summed E-state index contributed by atoms with van der Waals surface area (Å²) in [7, 11) is 0. The first-order valence-electron chi connectivity index (χ1n) is 5.01. The van der Waals surface area contributed by atoms with Crippen molar-refractivity contribution in [2.24, 2.45) is 0 Å². The first-order valence-corrected chi connectivity index (χ1v) is 5.01. The first kappa shape index (κ1) is 11.5. The number of halogens is 1. The van der Waals surface area contributed by atoms with E-state index in [4.69, 9.17) is 9.84 Å². The Labute approximate surface area is 91.9 Å². The molecular weight excluding hydrogens is 215 g/mol. The van der Waals surface area contributed by atoms with Crippen LogP contribution in [0.15, 0.2) is 24.3 Å². The maximum absolute atomic E-state index is 12.7. The maximum atomic E-state index is 12.7. The molecule has 16 heavy (non-hydrogen) atoms. The van der Waals surface area contributed by atoms with Crippen LogP contribution < -0.4 is 0 Å². The molecule has 4 nitrogen and oxygen atoms in total. The van der Waals surface area contributed by atoms with Gasteiger partial charge in [-0.25, -0.2) is 4.39 Å². The van der Waals surface area contributed by atoms with Crippen molar-refractivity contribution in [3.63, 3.8) is 0 Å². The third kappa shape index (κ3) is 1.94. The Kier molecular flexibility index (Phi) is 3.20. The Morgan fingerprint density at radius 1 is 1.12 bits per heavy atom. The van der Waals surface area contributed by atoms with Crippen LogP contribution in [0.25, 0.3) is 0 Å². The van der Waals surface area contributed by atoms with E-state index in [1.165, 1.54) is 24.3 Å². The van der Waals surface area contributed by atoms with Gasteiger partial charge in [-0.15, -0.1) is 0 Å². The number of benzene rings is 1. The number of ether oxygens (including phenoxy) is 1. The molecule has 1 aromatic carbocycles. The lowest BCUT2D eigenvalue weighted by Gasteiger charge is -2.14. The highest BCUT2D eigenvalue weighted by atomic mass is 19.1. The average molecular weight is 228 g/mol. The number of hydrogen-bond donors (Lipinski definition) is 3. The molecule has 5 heteroatoms. The molecule has 0 spiro atoms. The van der Waals surface area contributed by atoms with E-state index >= 15 is 0 Å². The summed E-state index contributed by atoms with van der Waals surface area (Å²) in [6.45, 7) is -0.365. The lowest BCUT2D eigenvalue weighted by Crippen LogP contribution is -2.32. The molecule has 3 N–H and O–H groups in total. The summed E-state index contributed by atoms with van der Waals surface area (Å²) in [6.07, 6.45) is -3.76. The highest BCUT2D eigenvalue weighted by Gasteiger charge is 2.42. The van der Waals surface area contributed by atoms with Crippen molar-refractivity contribution in [3.8, 4) is 0 Å². The topological polar surface area (TPSA) is 69.9 Å². The van der Waals surface area contributed by atoms with Gasteiger partial charge in [0.1, 0.15) is 30.2 Å². The predicted molar refractivity (Wildman–Crippen MR) is 53.1 cm³/mol. The molecule has 1 fully saturated rings. The molecule has 1 heterocycles. The maximum Gasteiger partial charge on any atom is 0.123 e. The SMILES string of the molecule is OC[C@H]1O[C@@H](c2ccc(F)cc2)[C@H](O)[C@@H]1O. The summed E-state index contributed by atoms with van der Waals surface area (Å²) in [5.74, 6) is -0.379. The van der Waals surface area contributed by atoms with Gasteiger partial charge < -0.3 is 20.1 Å². The fourth-order valence-corrected chi connectivity index (χ4v) is 1.83. The number of aliphatic hydroxyl groups is 3. The molecule has 2 rings (SSSR count). The minimum Gasteiger partial charge on any atom is -0.394 e. The van der Waals surface area contributed by atoms with E-state index in [1.54, 1.807) is 0 Å². The minimum absolute atomic E-state index is 0.365. The summed E-state index contributed by atoms with van der Waals surface area (Å²) in [5.41, 5.74) is 0.573. The third-order valence-electron chi connectivity index (χ3n) is 2.74. The van der Waals surface area contributed by atoms with Crippen LogP contribution in [-0.4, -0.2) is 40.2 Å². The molecule has 1 aromatic rings. The first-order chi connectivity index (χ1) is 7.63. The van der Waals surface area contributed by atoms with Gasteiger partial charge in [-0.2, -0.15) is 0 Å². The second kappa shape index (κ2) is 4.47. The van der Waals surface area contributed by atoms with Gasteiger partial charge in [-0.1, -0.05) is 12.1 Å². The van der Waals surface area contributed by atoms with Crippen LogP contribution in [0.5, 0.6) is 0 Å². The van der Waals surface area contributed by atoms with Crippen molar-refractivity contribution < 1.29 is 24.4 Å². The van der Waals surface area contributed by atoms with Gasteiger partial charge in [0, 0.05) is 0 Å². The fourth-order valence-electron chi connectivity index (χ4n) is 1.83. The van der Waals surface area contributed by atoms with E-state index in [9.17, 15) is 14.6 Å². The van der Waals surface area contributed by atoms with E-state index in [0.717, 1.165) is 0 Å². The van der Waals surface area contributed by atoms with Gasteiger partial charge >= 0.3 is 0 Å². The molecule has 0 unspecified atom stereocenters. The smallest absolute Gasteiger partial charge is 0.123 e. The largest absolute Gasteiger partial charge is 0.394 e. The molecule has 1 aliphatic heterocycles. The molecule has 88 valence electrons. The molecule has 0 amide bonds. The molecule has 0 saturated carbocycles. The van der Waals surface area contributed by atoms with Crippen LogP contribution in [0.2, 0.25) is 0 Å². The van der Waals surface area contributed by atoms with Crippen molar-refractivity contribution in [1.82, 2.24) is 0 Å². The highest BCUT2D eigenvalue weighted by molar-refractivity contribution is 5.21. The number of aliphatic hydroxyl groups excluding tert-OH is 3. The lowest BCUT2D eigenvalue weighted by atomic mass is 10.0. The summed E-state index contributed by atoms with van der Waals surface area (Å²) >= 11 is 0. The number of rotatable bonds is 2. The minimum atomic E-state index is -1.12. The van der Waals surface area contributed by atoms with E-state index < -0.39 is 24.4 Å². The van der Waals surface area contributed by atoms with Gasteiger partial charge in [0.15, 0.2) is 0 Å². The summed E-state index contributed by atoms with van der Waals surface area (Å²) in [4.78, 5) is 0. The van der Waals surface area contributed by atoms with Gasteiger partial charge in [0.05, 0.1) is 6.61 Å². The van der Waals surface area contributed by atoms with Gasteiger partial charge in [0.2, 0.25) is 0 Å². The van der Waals surface area contributed by atoms with Gasteiger partial charge in [-0.05, 0) is 17.7 Å². The van der Waals surface area contributed by atoms with Crippen LogP contribution in [0.4, 0.5) is 4.39 Å². The molecule has 0 aliphatic carbocycles. The van der Waals surface area contributed by atoms with Gasteiger partial charge in [-0.3, -0.25) is 0 Å². The lowest BCUT2D eigenvalue weighted by molar-refractivity contribution is -0.0227. The predicted octanol–water partition coefficient (Wildman–Crippen LogP) is -0.0203. The zero-order valence-electron chi connectivity index (χ0n) is 8.45. The van der Waals surface area contributed by atoms with Crippen LogP contribution >= 0.6 is 0 Å². The van der Waals surface area contributed by atoms with Crippen molar-refractivity contribution in [3.05, 3.63) is 35.6 Å². The fraction of sp³-hybridized carbons (Fsp3) is 0.455. The van der Waals surface area contributed by atoms with E-state index in [-0.39, 0.29) is 12.4 Å². The molecule has 0 bridgehead atoms. The average Bonchev–Trinajstić information content (AvgIpc) is 2.57. The van der Waals surface area contributed by atoms with Crippen molar-refractivity contribution in [1.29, 1.82) is 0 Å². The Morgan fingerprint density at radius 3 is 2.25 bits per heavy atom. The molecule has 4 atom stereocenters. The third-order valence-corrected chi connectivity index (χ3v) is 2.74. The van der Waals surface area contributed by atoms with Crippen molar-refractivity contribution in [2.45, 2.75) is 24.4 Å². The molecule has 1 saturated heterocycles. The number of hydrogen-bond acceptors (Lipinski definition) is 4. The molecule has 0 aromatic heterocycles. The summed E-state index contributed by atoms with van der Waals surface area (Å²) in [6, 6.07) is 5.47. The van der Waals surface area contributed by atoms with Crippen LogP contribution in [0.3, 0.4) is 0 Å². The Balaban J connectivity index is 2.19. The van der Waals surface area contributed by atoms with E-state index in [2.05, 4.69) is 0 Å². The molecule has 1 aliphatic rings. The standard InChI is InChI=1S/C11H13FO4/c12-7-3-1-6(2-4-7)11-10(15)9(14)8(5-13)16-11/h1-4,8-11,13-15H,5H2/t8-,9-,10-,11+/m1/s1. The zero-order valence-corrected chi connectivity index (χ0v) is 8.45. The van der Waals surface area contributed by atoms with Crippen molar-refractivity contribution in [2.75, 3.05) is 6.61 Å². The second-order valence-electron chi connectivity index (χ2n) is 3.81. The van der Waals surface area contributed by atoms with Gasteiger partial charge in [0.25, 0.3) is 0 Å².